The summed E-state index contributed by atoms with van der Waals surface area (Å²) in [6, 6.07) is 17.9. The van der Waals surface area contributed by atoms with E-state index in [-0.39, 0.29) is 0 Å². The van der Waals surface area contributed by atoms with Crippen molar-refractivity contribution in [2.24, 2.45) is 0 Å². The van der Waals surface area contributed by atoms with Gasteiger partial charge in [-0.05, 0) is 31.2 Å². The number of hydrogen-bond donors (Lipinski definition) is 1. The molecule has 0 radical (unpaired) electrons. The third-order valence-electron chi connectivity index (χ3n) is 2.84. The second kappa shape index (κ2) is 8.45. The molecule has 0 spiro atoms. The predicted molar refractivity (Wildman–Crippen MR) is 93.1 cm³/mol. The van der Waals surface area contributed by atoms with Crippen molar-refractivity contribution in [1.82, 2.24) is 0 Å². The van der Waals surface area contributed by atoms with Gasteiger partial charge in [-0.3, -0.25) is 9.13 Å². The molecular weight excluding hydrogens is 318 g/mol. The molecule has 0 fully saturated rings. The van der Waals surface area contributed by atoms with Gasteiger partial charge in [-0.25, -0.2) is 0 Å². The molecule has 0 saturated carbocycles. The van der Waals surface area contributed by atoms with Crippen molar-refractivity contribution >= 4 is 25.3 Å². The number of hydrogen-bond acceptors (Lipinski definition) is 3. The molecular formula is C16H22O4P2. The van der Waals surface area contributed by atoms with Gasteiger partial charge in [-0.2, -0.15) is 0 Å². The van der Waals surface area contributed by atoms with Gasteiger partial charge < -0.3 is 9.42 Å². The van der Waals surface area contributed by atoms with Gasteiger partial charge in [0.1, 0.15) is 0 Å². The van der Waals surface area contributed by atoms with E-state index in [1.165, 1.54) is 6.66 Å². The van der Waals surface area contributed by atoms with Crippen LogP contribution in [0.4, 0.5) is 0 Å². The lowest BCUT2D eigenvalue weighted by Gasteiger charge is -2.11. The molecule has 2 atom stereocenters. The lowest BCUT2D eigenvalue weighted by molar-refractivity contribution is 0.345. The molecule has 2 unspecified atom stereocenters. The molecule has 0 heterocycles. The largest absolute Gasteiger partial charge is 0.341 e. The number of rotatable bonds is 4. The summed E-state index contributed by atoms with van der Waals surface area (Å²) in [6.07, 6.45) is 0. The maximum atomic E-state index is 11.8. The first-order chi connectivity index (χ1) is 10.3. The van der Waals surface area contributed by atoms with Gasteiger partial charge >= 0.3 is 0 Å². The van der Waals surface area contributed by atoms with Crippen LogP contribution >= 0.6 is 14.7 Å². The Kier molecular flexibility index (Phi) is 7.25. The molecule has 0 saturated heterocycles. The SMILES string of the molecule is CCOP(C)(=O)c1ccccc1.CP(=O)(O)c1ccccc1. The minimum absolute atomic E-state index is 0.489. The van der Waals surface area contributed by atoms with Crippen LogP contribution < -0.4 is 10.6 Å². The van der Waals surface area contributed by atoms with Crippen LogP contribution in [0.15, 0.2) is 60.7 Å². The predicted octanol–water partition coefficient (Wildman–Crippen LogP) is 3.47. The summed E-state index contributed by atoms with van der Waals surface area (Å²) in [7, 11) is -5.56. The Balaban J connectivity index is 0.000000224. The monoisotopic (exact) mass is 340 g/mol. The van der Waals surface area contributed by atoms with Crippen LogP contribution in [-0.4, -0.2) is 24.8 Å². The van der Waals surface area contributed by atoms with Crippen molar-refractivity contribution in [3.05, 3.63) is 60.7 Å². The third-order valence-corrected chi connectivity index (χ3v) is 6.08. The molecule has 2 aromatic carbocycles. The van der Waals surface area contributed by atoms with Crippen LogP contribution in [0.2, 0.25) is 0 Å². The Labute approximate surface area is 132 Å². The van der Waals surface area contributed by atoms with E-state index in [9.17, 15) is 9.13 Å². The molecule has 1 N–H and O–H groups in total. The maximum Gasteiger partial charge on any atom is 0.229 e. The van der Waals surface area contributed by atoms with Crippen LogP contribution in [0.5, 0.6) is 0 Å². The maximum absolute atomic E-state index is 11.8. The summed E-state index contributed by atoms with van der Waals surface area (Å²) < 4.78 is 27.9. The molecule has 0 bridgehead atoms. The molecule has 120 valence electrons. The molecule has 2 aromatic rings. The standard InChI is InChI=1S/C9H13O2P.C7H9O2P/c1-3-11-12(2,10)9-7-5-4-6-8-9;1-10(8,9)7-5-3-2-4-6-7/h4-8H,3H2,1-2H3;2-6H,1H3,(H,8,9). The average Bonchev–Trinajstić information content (AvgIpc) is 2.49. The van der Waals surface area contributed by atoms with E-state index in [1.54, 1.807) is 30.9 Å². The minimum Gasteiger partial charge on any atom is -0.341 e. The van der Waals surface area contributed by atoms with E-state index >= 15 is 0 Å². The Morgan fingerprint density at radius 1 is 0.864 bits per heavy atom. The van der Waals surface area contributed by atoms with E-state index in [0.717, 1.165) is 5.30 Å². The Morgan fingerprint density at radius 3 is 1.59 bits per heavy atom. The molecule has 22 heavy (non-hydrogen) atoms. The van der Waals surface area contributed by atoms with E-state index in [2.05, 4.69) is 0 Å². The van der Waals surface area contributed by atoms with Gasteiger partial charge in [0, 0.05) is 23.9 Å². The normalized spacial score (nSPS) is 15.8. The van der Waals surface area contributed by atoms with Crippen molar-refractivity contribution in [3.8, 4) is 0 Å². The van der Waals surface area contributed by atoms with Gasteiger partial charge in [0.2, 0.25) is 14.7 Å². The van der Waals surface area contributed by atoms with Crippen molar-refractivity contribution in [3.63, 3.8) is 0 Å². The number of benzene rings is 2. The first-order valence-corrected chi connectivity index (χ1v) is 11.1. The van der Waals surface area contributed by atoms with Crippen molar-refractivity contribution in [1.29, 1.82) is 0 Å². The molecule has 0 aliphatic carbocycles. The summed E-state index contributed by atoms with van der Waals surface area (Å²) >= 11 is 0. The quantitative estimate of drug-likeness (QED) is 0.866. The zero-order chi connectivity index (χ0) is 16.6. The summed E-state index contributed by atoms with van der Waals surface area (Å²) in [5.41, 5.74) is 0. The Morgan fingerprint density at radius 2 is 1.27 bits per heavy atom. The van der Waals surface area contributed by atoms with Gasteiger partial charge in [-0.15, -0.1) is 0 Å². The summed E-state index contributed by atoms with van der Waals surface area (Å²) in [5, 5.41) is 1.29. The Hall–Kier alpha value is -1.18. The average molecular weight is 340 g/mol. The molecule has 2 rings (SSSR count). The zero-order valence-electron chi connectivity index (χ0n) is 13.0. The van der Waals surface area contributed by atoms with E-state index in [0.29, 0.717) is 11.9 Å². The first-order valence-electron chi connectivity index (χ1n) is 6.91. The van der Waals surface area contributed by atoms with Gasteiger partial charge in [-0.1, -0.05) is 36.4 Å². The highest BCUT2D eigenvalue weighted by molar-refractivity contribution is 7.66. The fraction of sp³-hybridized carbons (Fsp3) is 0.250. The van der Waals surface area contributed by atoms with E-state index in [1.807, 2.05) is 43.3 Å². The molecule has 4 nitrogen and oxygen atoms in total. The summed E-state index contributed by atoms with van der Waals surface area (Å²) in [4.78, 5) is 9.04. The molecule has 0 aliphatic rings. The van der Waals surface area contributed by atoms with Crippen LogP contribution in [-0.2, 0) is 13.7 Å². The summed E-state index contributed by atoms with van der Waals surface area (Å²) in [5.74, 6) is 0. The van der Waals surface area contributed by atoms with Crippen molar-refractivity contribution < 1.29 is 18.5 Å². The molecule has 0 aliphatic heterocycles. The van der Waals surface area contributed by atoms with Gasteiger partial charge in [0.05, 0.1) is 6.61 Å². The smallest absolute Gasteiger partial charge is 0.229 e. The second-order valence-corrected chi connectivity index (χ2v) is 9.55. The second-order valence-electron chi connectivity index (χ2n) is 4.81. The zero-order valence-corrected chi connectivity index (χ0v) is 14.8. The van der Waals surface area contributed by atoms with Crippen LogP contribution in [0.25, 0.3) is 0 Å². The van der Waals surface area contributed by atoms with Crippen molar-refractivity contribution in [2.45, 2.75) is 6.92 Å². The molecule has 6 heteroatoms. The Bertz CT molecular complexity index is 650. The fourth-order valence-corrected chi connectivity index (χ4v) is 3.81. The third kappa shape index (κ3) is 6.29. The van der Waals surface area contributed by atoms with E-state index in [4.69, 9.17) is 9.42 Å². The van der Waals surface area contributed by atoms with Crippen LogP contribution in [0.3, 0.4) is 0 Å². The van der Waals surface area contributed by atoms with Gasteiger partial charge in [0.25, 0.3) is 0 Å². The van der Waals surface area contributed by atoms with E-state index < -0.39 is 14.7 Å². The summed E-state index contributed by atoms with van der Waals surface area (Å²) in [6.45, 7) is 5.32. The minimum atomic E-state index is -3.02. The van der Waals surface area contributed by atoms with Crippen LogP contribution in [0.1, 0.15) is 6.92 Å². The highest BCUT2D eigenvalue weighted by atomic mass is 31.2. The molecule has 0 amide bonds. The lowest BCUT2D eigenvalue weighted by Crippen LogP contribution is -2.05. The lowest BCUT2D eigenvalue weighted by atomic mass is 10.4. The molecule has 0 aromatic heterocycles. The highest BCUT2D eigenvalue weighted by Crippen LogP contribution is 2.40. The highest BCUT2D eigenvalue weighted by Gasteiger charge is 2.16. The first kappa shape index (κ1) is 18.9. The van der Waals surface area contributed by atoms with Gasteiger partial charge in [0.15, 0.2) is 0 Å². The topological polar surface area (TPSA) is 63.6 Å². The fourth-order valence-electron chi connectivity index (χ4n) is 1.72. The van der Waals surface area contributed by atoms with Crippen LogP contribution in [0, 0.1) is 0 Å². The van der Waals surface area contributed by atoms with Crippen molar-refractivity contribution in [2.75, 3.05) is 19.9 Å².